The number of carbonyl (C=O) groups is 2. The van der Waals surface area contributed by atoms with E-state index in [2.05, 4.69) is 15.4 Å². The Kier molecular flexibility index (Phi) is 6.36. The monoisotopic (exact) mass is 395 g/mol. The maximum absolute atomic E-state index is 12.3. The third-order valence-corrected chi connectivity index (χ3v) is 5.13. The standard InChI is InChI=1S/C17H18ClN3O4S/c1-11(21-26(24,25)16-9-3-13(18)4-10-16)17(23)20-15-7-5-14(6-8-15)19-12(2)22/h3-11,21H,1-2H3,(H,19,22)(H,20,23). The zero-order valence-corrected chi connectivity index (χ0v) is 15.7. The molecule has 0 saturated heterocycles. The highest BCUT2D eigenvalue weighted by Crippen LogP contribution is 2.16. The Morgan fingerprint density at radius 1 is 0.923 bits per heavy atom. The molecule has 1 unspecified atom stereocenters. The summed E-state index contributed by atoms with van der Waals surface area (Å²) in [4.78, 5) is 23.2. The largest absolute Gasteiger partial charge is 0.326 e. The molecule has 0 radical (unpaired) electrons. The van der Waals surface area contributed by atoms with Gasteiger partial charge in [0.25, 0.3) is 0 Å². The minimum absolute atomic E-state index is 0.0150. The highest BCUT2D eigenvalue weighted by Gasteiger charge is 2.22. The Bertz CT molecular complexity index is 897. The number of nitrogens with one attached hydrogen (secondary N) is 3. The summed E-state index contributed by atoms with van der Waals surface area (Å²) < 4.78 is 26.9. The lowest BCUT2D eigenvalue weighted by Gasteiger charge is -2.15. The average Bonchev–Trinajstić information content (AvgIpc) is 2.56. The Balaban J connectivity index is 2.00. The van der Waals surface area contributed by atoms with Crippen LogP contribution in [0, 0.1) is 0 Å². The molecule has 2 aromatic carbocycles. The second-order valence-electron chi connectivity index (χ2n) is 5.54. The van der Waals surface area contributed by atoms with Gasteiger partial charge in [-0.15, -0.1) is 0 Å². The molecule has 0 fully saturated rings. The highest BCUT2D eigenvalue weighted by molar-refractivity contribution is 7.89. The van der Waals surface area contributed by atoms with Gasteiger partial charge in [-0.2, -0.15) is 4.72 Å². The molecular weight excluding hydrogens is 378 g/mol. The molecular formula is C17H18ClN3O4S. The molecule has 138 valence electrons. The molecule has 0 aliphatic carbocycles. The van der Waals surface area contributed by atoms with Gasteiger partial charge >= 0.3 is 0 Å². The van der Waals surface area contributed by atoms with E-state index in [-0.39, 0.29) is 10.8 Å². The molecule has 0 aromatic heterocycles. The van der Waals surface area contributed by atoms with Crippen molar-refractivity contribution >= 4 is 44.8 Å². The maximum atomic E-state index is 12.3. The summed E-state index contributed by atoms with van der Waals surface area (Å²) in [6, 6.07) is 11.1. The Hall–Kier alpha value is -2.42. The van der Waals surface area contributed by atoms with Crippen molar-refractivity contribution in [2.24, 2.45) is 0 Å². The van der Waals surface area contributed by atoms with Crippen molar-refractivity contribution < 1.29 is 18.0 Å². The molecule has 9 heteroatoms. The van der Waals surface area contributed by atoms with E-state index in [9.17, 15) is 18.0 Å². The second kappa shape index (κ2) is 8.31. The zero-order chi connectivity index (χ0) is 19.3. The van der Waals surface area contributed by atoms with Crippen molar-refractivity contribution in [1.82, 2.24) is 4.72 Å². The van der Waals surface area contributed by atoms with E-state index < -0.39 is 22.0 Å². The molecule has 2 aromatic rings. The van der Waals surface area contributed by atoms with Crippen LogP contribution in [0.3, 0.4) is 0 Å². The Labute approximate surface area is 156 Å². The summed E-state index contributed by atoms with van der Waals surface area (Å²) in [6.07, 6.45) is 0. The van der Waals surface area contributed by atoms with E-state index in [1.165, 1.54) is 38.1 Å². The van der Waals surface area contributed by atoms with Crippen LogP contribution in [0.4, 0.5) is 11.4 Å². The quantitative estimate of drug-likeness (QED) is 0.699. The number of amides is 2. The molecule has 1 atom stereocenters. The lowest BCUT2D eigenvalue weighted by Crippen LogP contribution is -2.41. The van der Waals surface area contributed by atoms with Crippen molar-refractivity contribution in [1.29, 1.82) is 0 Å². The van der Waals surface area contributed by atoms with Gasteiger partial charge in [0.1, 0.15) is 0 Å². The van der Waals surface area contributed by atoms with E-state index >= 15 is 0 Å². The zero-order valence-electron chi connectivity index (χ0n) is 14.1. The molecule has 2 rings (SSSR count). The minimum atomic E-state index is -3.85. The molecule has 0 saturated carbocycles. The first kappa shape index (κ1) is 19.9. The van der Waals surface area contributed by atoms with Gasteiger partial charge in [-0.05, 0) is 55.5 Å². The van der Waals surface area contributed by atoms with Crippen molar-refractivity contribution in [3.8, 4) is 0 Å². The SMILES string of the molecule is CC(=O)Nc1ccc(NC(=O)C(C)NS(=O)(=O)c2ccc(Cl)cc2)cc1. The summed E-state index contributed by atoms with van der Waals surface area (Å²) in [5.41, 5.74) is 1.06. The number of anilines is 2. The number of sulfonamides is 1. The fourth-order valence-electron chi connectivity index (χ4n) is 2.06. The summed E-state index contributed by atoms with van der Waals surface area (Å²) in [5, 5.41) is 5.63. The first-order valence-electron chi connectivity index (χ1n) is 7.64. The number of rotatable bonds is 6. The van der Waals surface area contributed by atoms with Crippen LogP contribution in [0.5, 0.6) is 0 Å². The summed E-state index contributed by atoms with van der Waals surface area (Å²) >= 11 is 5.74. The second-order valence-corrected chi connectivity index (χ2v) is 7.70. The molecule has 2 amide bonds. The molecule has 0 bridgehead atoms. The molecule has 26 heavy (non-hydrogen) atoms. The van der Waals surface area contributed by atoms with Gasteiger partial charge in [0.15, 0.2) is 0 Å². The molecule has 0 aliphatic heterocycles. The van der Waals surface area contributed by atoms with Gasteiger partial charge < -0.3 is 10.6 Å². The van der Waals surface area contributed by atoms with Crippen LogP contribution in [0.1, 0.15) is 13.8 Å². The number of hydrogen-bond donors (Lipinski definition) is 3. The lowest BCUT2D eigenvalue weighted by atomic mass is 10.2. The van der Waals surface area contributed by atoms with E-state index in [0.717, 1.165) is 0 Å². The van der Waals surface area contributed by atoms with Gasteiger partial charge in [0, 0.05) is 23.3 Å². The van der Waals surface area contributed by atoms with Crippen molar-refractivity contribution in [3.63, 3.8) is 0 Å². The number of halogens is 1. The Morgan fingerprint density at radius 2 is 1.42 bits per heavy atom. The van der Waals surface area contributed by atoms with E-state index in [1.54, 1.807) is 24.3 Å². The van der Waals surface area contributed by atoms with Crippen LogP contribution in [0.25, 0.3) is 0 Å². The van der Waals surface area contributed by atoms with Gasteiger partial charge in [-0.3, -0.25) is 9.59 Å². The minimum Gasteiger partial charge on any atom is -0.326 e. The summed E-state index contributed by atoms with van der Waals surface area (Å²) in [7, 11) is -3.85. The lowest BCUT2D eigenvalue weighted by molar-refractivity contribution is -0.117. The predicted molar refractivity (Wildman–Crippen MR) is 101 cm³/mol. The van der Waals surface area contributed by atoms with Crippen molar-refractivity contribution in [3.05, 3.63) is 53.6 Å². The fraction of sp³-hybridized carbons (Fsp3) is 0.176. The number of carbonyl (C=O) groups excluding carboxylic acids is 2. The average molecular weight is 396 g/mol. The molecule has 0 aliphatic rings. The van der Waals surface area contributed by atoms with Crippen LogP contribution in [0.15, 0.2) is 53.4 Å². The predicted octanol–water partition coefficient (Wildman–Crippen LogP) is 2.60. The van der Waals surface area contributed by atoms with Crippen molar-refractivity contribution in [2.45, 2.75) is 24.8 Å². The van der Waals surface area contributed by atoms with E-state index in [1.807, 2.05) is 0 Å². The van der Waals surface area contributed by atoms with Crippen LogP contribution in [0.2, 0.25) is 5.02 Å². The smallest absolute Gasteiger partial charge is 0.242 e. The molecule has 7 nitrogen and oxygen atoms in total. The van der Waals surface area contributed by atoms with Crippen LogP contribution in [-0.4, -0.2) is 26.3 Å². The topological polar surface area (TPSA) is 104 Å². The van der Waals surface area contributed by atoms with Gasteiger partial charge in [0.2, 0.25) is 21.8 Å². The summed E-state index contributed by atoms with van der Waals surface area (Å²) in [6.45, 7) is 2.83. The van der Waals surface area contributed by atoms with Gasteiger partial charge in [0.05, 0.1) is 10.9 Å². The Morgan fingerprint density at radius 3 is 1.92 bits per heavy atom. The fourth-order valence-corrected chi connectivity index (χ4v) is 3.39. The summed E-state index contributed by atoms with van der Waals surface area (Å²) in [5.74, 6) is -0.721. The maximum Gasteiger partial charge on any atom is 0.242 e. The number of hydrogen-bond acceptors (Lipinski definition) is 4. The van der Waals surface area contributed by atoms with E-state index in [0.29, 0.717) is 16.4 Å². The molecule has 3 N–H and O–H groups in total. The molecule has 0 spiro atoms. The van der Waals surface area contributed by atoms with Crippen LogP contribution < -0.4 is 15.4 Å². The first-order chi connectivity index (χ1) is 12.2. The van der Waals surface area contributed by atoms with E-state index in [4.69, 9.17) is 11.6 Å². The van der Waals surface area contributed by atoms with Crippen molar-refractivity contribution in [2.75, 3.05) is 10.6 Å². The molecule has 0 heterocycles. The highest BCUT2D eigenvalue weighted by atomic mass is 35.5. The van der Waals surface area contributed by atoms with Gasteiger partial charge in [-0.1, -0.05) is 11.6 Å². The number of benzene rings is 2. The normalized spacial score (nSPS) is 12.3. The third kappa shape index (κ3) is 5.55. The first-order valence-corrected chi connectivity index (χ1v) is 9.50. The van der Waals surface area contributed by atoms with Crippen LogP contribution >= 0.6 is 11.6 Å². The van der Waals surface area contributed by atoms with Crippen LogP contribution in [-0.2, 0) is 19.6 Å². The third-order valence-electron chi connectivity index (χ3n) is 3.32. The van der Waals surface area contributed by atoms with Gasteiger partial charge in [-0.25, -0.2) is 8.42 Å².